The lowest BCUT2D eigenvalue weighted by atomic mass is 10.1. The maximum atomic E-state index is 13.3. The minimum absolute atomic E-state index is 0.113. The fourth-order valence-electron chi connectivity index (χ4n) is 6.44. The average Bonchev–Trinajstić information content (AvgIpc) is 3.86. The normalized spacial score (nSPS) is 19.4. The van der Waals surface area contributed by atoms with Crippen molar-refractivity contribution in [1.29, 1.82) is 0 Å². The molecule has 2 N–H and O–H groups in total. The summed E-state index contributed by atoms with van der Waals surface area (Å²) in [6, 6.07) is 32.0. The number of methoxy groups -OCH3 is 2. The van der Waals surface area contributed by atoms with Gasteiger partial charge in [0.15, 0.2) is 0 Å². The largest absolute Gasteiger partial charge is 0.445 e. The van der Waals surface area contributed by atoms with Crippen LogP contribution in [0.25, 0.3) is 12.2 Å². The summed E-state index contributed by atoms with van der Waals surface area (Å²) in [6.07, 6.45) is 2.93. The highest BCUT2D eigenvalue weighted by atomic mass is 16.6. The number of anilines is 2. The SMILES string of the molecule is CO[C@@H]1C[C@@H](C(=O)Nc2ccc(C=Cc3ccc(NC(=O)[C@@H]4C[C@H](OC)CN4C(=O)OCc4ccccc4)cc3)cc2)N(C(=O)OCc2ccccc2)C1. The molecule has 4 aromatic carbocycles. The minimum atomic E-state index is -0.730. The van der Waals surface area contributed by atoms with Crippen molar-refractivity contribution >= 4 is 47.5 Å². The zero-order valence-corrected chi connectivity index (χ0v) is 30.3. The molecule has 4 amide bonds. The van der Waals surface area contributed by atoms with Gasteiger partial charge in [0.1, 0.15) is 25.3 Å². The van der Waals surface area contributed by atoms with Gasteiger partial charge in [0.05, 0.1) is 25.3 Å². The molecular formula is C42H44N4O8. The summed E-state index contributed by atoms with van der Waals surface area (Å²) in [4.78, 5) is 55.3. The molecule has 2 saturated heterocycles. The number of ether oxygens (including phenoxy) is 4. The smallest absolute Gasteiger partial charge is 0.410 e. The third-order valence-electron chi connectivity index (χ3n) is 9.50. The molecule has 0 saturated carbocycles. The van der Waals surface area contributed by atoms with Crippen LogP contribution in [0.4, 0.5) is 21.0 Å². The Morgan fingerprint density at radius 1 is 0.574 bits per heavy atom. The Morgan fingerprint density at radius 3 is 1.30 bits per heavy atom. The first-order chi connectivity index (χ1) is 26.3. The van der Waals surface area contributed by atoms with E-state index in [1.54, 1.807) is 38.5 Å². The van der Waals surface area contributed by atoms with Crippen molar-refractivity contribution in [2.24, 2.45) is 0 Å². The lowest BCUT2D eigenvalue weighted by Crippen LogP contribution is -2.43. The summed E-state index contributed by atoms with van der Waals surface area (Å²) in [7, 11) is 3.13. The Labute approximate surface area is 314 Å². The van der Waals surface area contributed by atoms with E-state index in [9.17, 15) is 19.2 Å². The Bertz CT molecular complexity index is 1770. The van der Waals surface area contributed by atoms with Crippen LogP contribution in [0.3, 0.4) is 0 Å². The molecule has 6 rings (SSSR count). The molecule has 2 aliphatic rings. The molecule has 0 aromatic heterocycles. The van der Waals surface area contributed by atoms with E-state index < -0.39 is 24.3 Å². The molecule has 4 aromatic rings. The molecule has 0 radical (unpaired) electrons. The molecule has 2 heterocycles. The first-order valence-corrected chi connectivity index (χ1v) is 17.8. The first kappa shape index (κ1) is 37.8. The standard InChI is InChI=1S/C42H44N4O8/c1-51-35-23-37(45(25-35)41(49)53-27-31-9-5-3-6-10-31)39(47)43-33-19-15-29(16-20-33)13-14-30-17-21-34(22-18-30)44-40(48)38-24-36(52-2)26-46(38)42(50)54-28-32-11-7-4-8-12-32/h3-22,35-38H,23-28H2,1-2H3,(H,43,47)(H,44,48)/t35-,36+,37-,38-/m0/s1. The second kappa shape index (κ2) is 18.2. The van der Waals surface area contributed by atoms with Gasteiger partial charge in [0.2, 0.25) is 11.8 Å². The molecule has 12 heteroatoms. The monoisotopic (exact) mass is 732 g/mol. The van der Waals surface area contributed by atoms with Gasteiger partial charge < -0.3 is 29.6 Å². The van der Waals surface area contributed by atoms with Gasteiger partial charge in [-0.3, -0.25) is 19.4 Å². The number of nitrogens with zero attached hydrogens (tertiary/aromatic N) is 2. The number of hydrogen-bond donors (Lipinski definition) is 2. The summed E-state index contributed by atoms with van der Waals surface area (Å²) in [5, 5.41) is 5.84. The van der Waals surface area contributed by atoms with Gasteiger partial charge in [-0.15, -0.1) is 0 Å². The second-order valence-corrected chi connectivity index (χ2v) is 13.2. The summed E-state index contributed by atoms with van der Waals surface area (Å²) in [5.41, 5.74) is 4.72. The number of hydrogen-bond acceptors (Lipinski definition) is 8. The van der Waals surface area contributed by atoms with Crippen LogP contribution in [0.1, 0.15) is 35.1 Å². The van der Waals surface area contributed by atoms with Crippen molar-refractivity contribution in [3.63, 3.8) is 0 Å². The zero-order valence-electron chi connectivity index (χ0n) is 30.3. The van der Waals surface area contributed by atoms with Crippen LogP contribution < -0.4 is 10.6 Å². The number of carbonyl (C=O) groups is 4. The molecule has 280 valence electrons. The van der Waals surface area contributed by atoms with Crippen LogP contribution in [0.15, 0.2) is 109 Å². The average molecular weight is 733 g/mol. The number of nitrogens with one attached hydrogen (secondary N) is 2. The van der Waals surface area contributed by atoms with Crippen LogP contribution in [-0.4, -0.2) is 85.4 Å². The third kappa shape index (κ3) is 9.91. The van der Waals surface area contributed by atoms with Gasteiger partial charge in [-0.25, -0.2) is 9.59 Å². The van der Waals surface area contributed by atoms with E-state index in [4.69, 9.17) is 18.9 Å². The van der Waals surface area contributed by atoms with Crippen molar-refractivity contribution in [3.8, 4) is 0 Å². The zero-order chi connectivity index (χ0) is 37.9. The highest BCUT2D eigenvalue weighted by Gasteiger charge is 2.42. The lowest BCUT2D eigenvalue weighted by molar-refractivity contribution is -0.120. The number of rotatable bonds is 12. The minimum Gasteiger partial charge on any atom is -0.445 e. The quantitative estimate of drug-likeness (QED) is 0.156. The highest BCUT2D eigenvalue weighted by Crippen LogP contribution is 2.25. The van der Waals surface area contributed by atoms with Crippen molar-refractivity contribution in [2.75, 3.05) is 37.9 Å². The number of benzene rings is 4. The highest BCUT2D eigenvalue weighted by molar-refractivity contribution is 5.98. The molecule has 0 bridgehead atoms. The van der Waals surface area contributed by atoms with Gasteiger partial charge in [-0.1, -0.05) is 97.1 Å². The molecule has 4 atom stereocenters. The Balaban J connectivity index is 0.996. The van der Waals surface area contributed by atoms with Crippen molar-refractivity contribution in [3.05, 3.63) is 131 Å². The topological polar surface area (TPSA) is 136 Å². The van der Waals surface area contributed by atoms with E-state index in [1.165, 1.54) is 9.80 Å². The van der Waals surface area contributed by atoms with Crippen LogP contribution in [0, 0.1) is 0 Å². The van der Waals surface area contributed by atoms with E-state index in [1.807, 2.05) is 97.1 Å². The molecular weight excluding hydrogens is 688 g/mol. The van der Waals surface area contributed by atoms with Gasteiger partial charge in [-0.2, -0.15) is 0 Å². The molecule has 2 aliphatic heterocycles. The van der Waals surface area contributed by atoms with E-state index in [0.29, 0.717) is 24.2 Å². The van der Waals surface area contributed by atoms with Gasteiger partial charge >= 0.3 is 12.2 Å². The maximum absolute atomic E-state index is 13.3. The summed E-state index contributed by atoms with van der Waals surface area (Å²) < 4.78 is 21.9. The lowest BCUT2D eigenvalue weighted by Gasteiger charge is -2.23. The van der Waals surface area contributed by atoms with E-state index in [-0.39, 0.29) is 50.3 Å². The van der Waals surface area contributed by atoms with Crippen molar-refractivity contribution in [2.45, 2.75) is 50.3 Å². The number of likely N-dealkylation sites (tertiary alicyclic amines) is 2. The van der Waals surface area contributed by atoms with Crippen LogP contribution in [0.2, 0.25) is 0 Å². The molecule has 54 heavy (non-hydrogen) atoms. The van der Waals surface area contributed by atoms with Gasteiger partial charge in [0.25, 0.3) is 0 Å². The molecule has 0 aliphatic carbocycles. The second-order valence-electron chi connectivity index (χ2n) is 13.2. The van der Waals surface area contributed by atoms with Gasteiger partial charge in [-0.05, 0) is 46.5 Å². The van der Waals surface area contributed by atoms with Crippen LogP contribution in [0.5, 0.6) is 0 Å². The van der Waals surface area contributed by atoms with Crippen molar-refractivity contribution in [1.82, 2.24) is 9.80 Å². The maximum Gasteiger partial charge on any atom is 0.410 e. The molecule has 2 fully saturated rings. The first-order valence-electron chi connectivity index (χ1n) is 17.8. The third-order valence-corrected chi connectivity index (χ3v) is 9.50. The summed E-state index contributed by atoms with van der Waals surface area (Å²) >= 11 is 0. The molecule has 12 nitrogen and oxygen atoms in total. The number of amides is 4. The van der Waals surface area contributed by atoms with E-state index in [2.05, 4.69) is 10.6 Å². The van der Waals surface area contributed by atoms with Crippen LogP contribution in [-0.2, 0) is 41.8 Å². The predicted molar refractivity (Wildman–Crippen MR) is 204 cm³/mol. The summed E-state index contributed by atoms with van der Waals surface area (Å²) in [5.74, 6) is -0.632. The fraction of sp³-hybridized carbons (Fsp3) is 0.286. The van der Waals surface area contributed by atoms with E-state index in [0.717, 1.165) is 22.3 Å². The number of carbonyl (C=O) groups excluding carboxylic acids is 4. The van der Waals surface area contributed by atoms with E-state index >= 15 is 0 Å². The van der Waals surface area contributed by atoms with Crippen LogP contribution >= 0.6 is 0 Å². The Kier molecular flexibility index (Phi) is 12.7. The molecule has 0 unspecified atom stereocenters. The predicted octanol–water partition coefficient (Wildman–Crippen LogP) is 6.59. The van der Waals surface area contributed by atoms with Gasteiger partial charge in [0, 0.05) is 38.4 Å². The molecule has 0 spiro atoms. The Morgan fingerprint density at radius 2 is 0.944 bits per heavy atom. The Hall–Kier alpha value is -5.98. The van der Waals surface area contributed by atoms with Crippen molar-refractivity contribution < 1.29 is 38.1 Å². The summed E-state index contributed by atoms with van der Waals surface area (Å²) in [6.45, 7) is 0.753. The fourth-order valence-corrected chi connectivity index (χ4v) is 6.44.